The minimum atomic E-state index is -0.443. The number of likely N-dealkylation sites (tertiary alicyclic amines) is 1. The highest BCUT2D eigenvalue weighted by Gasteiger charge is 2.43. The summed E-state index contributed by atoms with van der Waals surface area (Å²) < 4.78 is 10.0. The molecule has 7 heteroatoms. The van der Waals surface area contributed by atoms with Crippen molar-refractivity contribution >= 4 is 22.8 Å². The summed E-state index contributed by atoms with van der Waals surface area (Å²) in [7, 11) is 0. The molecule has 0 saturated carbocycles. The van der Waals surface area contributed by atoms with Crippen molar-refractivity contribution in [2.24, 2.45) is 11.8 Å². The van der Waals surface area contributed by atoms with E-state index in [9.17, 15) is 4.79 Å². The topological polar surface area (TPSA) is 58.6 Å². The smallest absolute Gasteiger partial charge is 0.410 e. The van der Waals surface area contributed by atoms with Gasteiger partial charge in [-0.3, -0.25) is 0 Å². The molecule has 2 saturated heterocycles. The largest absolute Gasteiger partial charge is 0.444 e. The fourth-order valence-electron chi connectivity index (χ4n) is 3.67. The summed E-state index contributed by atoms with van der Waals surface area (Å²) in [6.45, 7) is 9.09. The van der Waals surface area contributed by atoms with Crippen LogP contribution < -0.4 is 4.90 Å². The molecule has 2 aliphatic heterocycles. The molecule has 2 unspecified atom stereocenters. The van der Waals surface area contributed by atoms with Crippen LogP contribution in [0, 0.1) is 11.8 Å². The van der Waals surface area contributed by atoms with Gasteiger partial charge in [-0.15, -0.1) is 0 Å². The van der Waals surface area contributed by atoms with Crippen LogP contribution in [0.4, 0.5) is 9.93 Å². The van der Waals surface area contributed by atoms with Gasteiger partial charge in [-0.1, -0.05) is 30.3 Å². The summed E-state index contributed by atoms with van der Waals surface area (Å²) in [6, 6.07) is 10.1. The quantitative estimate of drug-likeness (QED) is 0.807. The number of hydrogen-bond acceptors (Lipinski definition) is 6. The van der Waals surface area contributed by atoms with Crippen LogP contribution in [-0.2, 0) is 4.74 Å². The van der Waals surface area contributed by atoms with Gasteiger partial charge in [-0.05, 0) is 20.8 Å². The van der Waals surface area contributed by atoms with Crippen LogP contribution in [0.2, 0.25) is 0 Å². The first-order valence-electron chi connectivity index (χ1n) is 9.01. The molecule has 3 heterocycles. The van der Waals surface area contributed by atoms with E-state index in [-0.39, 0.29) is 6.09 Å². The number of nitrogens with zero attached hydrogens (tertiary/aromatic N) is 4. The van der Waals surface area contributed by atoms with Crippen molar-refractivity contribution in [2.45, 2.75) is 26.4 Å². The van der Waals surface area contributed by atoms with E-state index < -0.39 is 5.60 Å². The van der Waals surface area contributed by atoms with Crippen LogP contribution in [0.1, 0.15) is 20.8 Å². The lowest BCUT2D eigenvalue weighted by Crippen LogP contribution is -2.37. The third-order valence-electron chi connectivity index (χ3n) is 4.86. The third kappa shape index (κ3) is 3.53. The van der Waals surface area contributed by atoms with E-state index >= 15 is 0 Å². The number of aromatic nitrogens is 2. The lowest BCUT2D eigenvalue weighted by Gasteiger charge is -2.25. The van der Waals surface area contributed by atoms with Gasteiger partial charge in [-0.25, -0.2) is 4.79 Å². The number of fused-ring (bicyclic) bond motifs is 1. The fourth-order valence-corrected chi connectivity index (χ4v) is 4.38. The number of benzene rings is 1. The van der Waals surface area contributed by atoms with Crippen LogP contribution in [-0.4, -0.2) is 52.1 Å². The lowest BCUT2D eigenvalue weighted by molar-refractivity contribution is 0.0282. The Morgan fingerprint density at radius 2 is 1.77 bits per heavy atom. The molecule has 4 rings (SSSR count). The van der Waals surface area contributed by atoms with Crippen molar-refractivity contribution in [1.29, 1.82) is 0 Å². The first-order valence-corrected chi connectivity index (χ1v) is 9.78. The molecule has 1 amide bonds. The zero-order valence-corrected chi connectivity index (χ0v) is 16.2. The van der Waals surface area contributed by atoms with Crippen molar-refractivity contribution in [1.82, 2.24) is 14.3 Å². The van der Waals surface area contributed by atoms with Gasteiger partial charge in [0.15, 0.2) is 5.82 Å². The molecule has 2 aromatic rings. The average Bonchev–Trinajstić information content (AvgIpc) is 3.28. The second-order valence-electron chi connectivity index (χ2n) is 8.08. The Balaban J connectivity index is 1.38. The first kappa shape index (κ1) is 17.3. The molecule has 0 radical (unpaired) electrons. The number of ether oxygens (including phenoxy) is 1. The average molecular weight is 372 g/mol. The normalized spacial score (nSPS) is 22.6. The van der Waals surface area contributed by atoms with Crippen molar-refractivity contribution < 1.29 is 9.53 Å². The number of anilines is 1. The molecular formula is C19H24N4O2S. The maximum Gasteiger partial charge on any atom is 0.410 e. The van der Waals surface area contributed by atoms with Crippen LogP contribution >= 0.6 is 11.5 Å². The van der Waals surface area contributed by atoms with E-state index in [1.165, 1.54) is 11.5 Å². The van der Waals surface area contributed by atoms with E-state index in [1.807, 2.05) is 56.0 Å². The fraction of sp³-hybridized carbons (Fsp3) is 0.526. The summed E-state index contributed by atoms with van der Waals surface area (Å²) in [6.07, 6.45) is -0.194. The van der Waals surface area contributed by atoms with E-state index in [0.29, 0.717) is 11.8 Å². The number of carbonyl (C=O) groups is 1. The highest BCUT2D eigenvalue weighted by atomic mass is 32.1. The molecular weight excluding hydrogens is 348 g/mol. The molecule has 0 N–H and O–H groups in total. The summed E-state index contributed by atoms with van der Waals surface area (Å²) in [5, 5.41) is 0.974. The number of rotatable bonds is 2. The highest BCUT2D eigenvalue weighted by Crippen LogP contribution is 2.36. The molecule has 0 spiro atoms. The Morgan fingerprint density at radius 3 is 2.38 bits per heavy atom. The van der Waals surface area contributed by atoms with Gasteiger partial charge in [0.05, 0.1) is 0 Å². The van der Waals surface area contributed by atoms with Crippen LogP contribution in [0.15, 0.2) is 30.3 Å². The molecule has 138 valence electrons. The summed E-state index contributed by atoms with van der Waals surface area (Å²) in [5.41, 5.74) is 0.604. The van der Waals surface area contributed by atoms with Crippen molar-refractivity contribution in [3.05, 3.63) is 30.3 Å². The van der Waals surface area contributed by atoms with Gasteiger partial charge >= 0.3 is 6.09 Å². The Morgan fingerprint density at radius 1 is 1.12 bits per heavy atom. The minimum Gasteiger partial charge on any atom is -0.444 e. The zero-order chi connectivity index (χ0) is 18.3. The van der Waals surface area contributed by atoms with E-state index in [1.54, 1.807) is 0 Å². The van der Waals surface area contributed by atoms with Gasteiger partial charge in [0.2, 0.25) is 5.13 Å². The summed E-state index contributed by atoms with van der Waals surface area (Å²) in [5.74, 6) is 1.75. The summed E-state index contributed by atoms with van der Waals surface area (Å²) >= 11 is 1.45. The molecule has 0 bridgehead atoms. The maximum atomic E-state index is 12.3. The second-order valence-corrected chi connectivity index (χ2v) is 8.81. The van der Waals surface area contributed by atoms with Gasteiger partial charge < -0.3 is 14.5 Å². The Bertz CT molecular complexity index is 772. The zero-order valence-electron chi connectivity index (χ0n) is 15.4. The molecule has 6 nitrogen and oxygen atoms in total. The van der Waals surface area contributed by atoms with E-state index in [0.717, 1.165) is 42.7 Å². The lowest BCUT2D eigenvalue weighted by atomic mass is 10.0. The van der Waals surface area contributed by atoms with Gasteiger partial charge in [-0.2, -0.15) is 9.36 Å². The number of amides is 1. The Labute approximate surface area is 158 Å². The monoisotopic (exact) mass is 372 g/mol. The van der Waals surface area contributed by atoms with Gasteiger partial charge in [0.25, 0.3) is 0 Å². The SMILES string of the molecule is CC(C)(C)OC(=O)N1CC2CN(c3nc(-c4ccccc4)ns3)CC2C1. The second kappa shape index (κ2) is 6.54. The number of carbonyl (C=O) groups excluding carboxylic acids is 1. The van der Waals surface area contributed by atoms with E-state index in [2.05, 4.69) is 9.27 Å². The molecule has 26 heavy (non-hydrogen) atoms. The van der Waals surface area contributed by atoms with Crippen LogP contribution in [0.5, 0.6) is 0 Å². The van der Waals surface area contributed by atoms with Gasteiger partial charge in [0, 0.05) is 55.1 Å². The van der Waals surface area contributed by atoms with Crippen molar-refractivity contribution in [2.75, 3.05) is 31.1 Å². The molecule has 2 fully saturated rings. The van der Waals surface area contributed by atoms with Crippen molar-refractivity contribution in [3.8, 4) is 11.4 Å². The number of hydrogen-bond donors (Lipinski definition) is 0. The standard InChI is InChI=1S/C19H24N4O2S/c1-19(2,3)25-18(24)23-11-14-9-22(10-15(14)12-23)17-20-16(21-26-17)13-7-5-4-6-8-13/h4-8,14-15H,9-12H2,1-3H3. The predicted molar refractivity (Wildman–Crippen MR) is 102 cm³/mol. The summed E-state index contributed by atoms with van der Waals surface area (Å²) in [4.78, 5) is 21.2. The van der Waals surface area contributed by atoms with Crippen LogP contribution in [0.25, 0.3) is 11.4 Å². The predicted octanol–water partition coefficient (Wildman–Crippen LogP) is 3.51. The van der Waals surface area contributed by atoms with E-state index in [4.69, 9.17) is 9.72 Å². The maximum absolute atomic E-state index is 12.3. The Kier molecular flexibility index (Phi) is 4.34. The Hall–Kier alpha value is -2.15. The molecule has 1 aromatic carbocycles. The van der Waals surface area contributed by atoms with Gasteiger partial charge in [0.1, 0.15) is 5.60 Å². The third-order valence-corrected chi connectivity index (χ3v) is 5.63. The molecule has 2 atom stereocenters. The molecule has 2 aliphatic rings. The molecule has 1 aromatic heterocycles. The highest BCUT2D eigenvalue weighted by molar-refractivity contribution is 7.09. The van der Waals surface area contributed by atoms with Crippen molar-refractivity contribution in [3.63, 3.8) is 0 Å². The minimum absolute atomic E-state index is 0.194. The molecule has 0 aliphatic carbocycles. The first-order chi connectivity index (χ1) is 12.4. The van der Waals surface area contributed by atoms with Crippen LogP contribution in [0.3, 0.4) is 0 Å².